The minimum absolute atomic E-state index is 0.0447. The summed E-state index contributed by atoms with van der Waals surface area (Å²) in [5.41, 5.74) is 3.90. The summed E-state index contributed by atoms with van der Waals surface area (Å²) in [4.78, 5) is 24.6. The highest BCUT2D eigenvalue weighted by Crippen LogP contribution is 2.50. The van der Waals surface area contributed by atoms with E-state index in [0.29, 0.717) is 10.1 Å². The van der Waals surface area contributed by atoms with E-state index in [4.69, 9.17) is 4.99 Å². The molecule has 2 aliphatic heterocycles. The van der Waals surface area contributed by atoms with Gasteiger partial charge in [-0.25, -0.2) is 4.99 Å². The van der Waals surface area contributed by atoms with Crippen molar-refractivity contribution in [1.82, 2.24) is 0 Å². The normalized spacial score (nSPS) is 18.9. The third kappa shape index (κ3) is 3.50. The molecule has 0 atom stereocenters. The molecule has 2 aliphatic rings. The minimum atomic E-state index is -0.0447. The Balaban J connectivity index is 1.51. The van der Waals surface area contributed by atoms with Crippen LogP contribution in [0, 0.1) is 6.92 Å². The van der Waals surface area contributed by atoms with Crippen LogP contribution in [0.2, 0.25) is 0 Å². The number of hydrogen-bond acceptors (Lipinski definition) is 5. The molecule has 34 heavy (non-hydrogen) atoms. The molecule has 1 fully saturated rings. The van der Waals surface area contributed by atoms with E-state index in [1.165, 1.54) is 11.8 Å². The fourth-order valence-electron chi connectivity index (χ4n) is 4.28. The molecule has 1 amide bonds. The third-order valence-electron chi connectivity index (χ3n) is 5.96. The van der Waals surface area contributed by atoms with E-state index >= 15 is 0 Å². The van der Waals surface area contributed by atoms with Crippen molar-refractivity contribution in [2.45, 2.75) is 11.8 Å². The number of anilines is 2. The molecular formula is C28H21N3OS2. The number of para-hydroxylation sites is 1. The number of aryl methyl sites for hydroxylation is 1. The van der Waals surface area contributed by atoms with Gasteiger partial charge in [0.05, 0.1) is 22.1 Å². The second-order valence-corrected chi connectivity index (χ2v) is 10.2. The molecule has 0 radical (unpaired) electrons. The molecular weight excluding hydrogens is 458 g/mol. The van der Waals surface area contributed by atoms with Gasteiger partial charge in [-0.15, -0.1) is 0 Å². The molecule has 0 saturated carbocycles. The van der Waals surface area contributed by atoms with Gasteiger partial charge in [-0.3, -0.25) is 9.69 Å². The summed E-state index contributed by atoms with van der Waals surface area (Å²) in [7, 11) is 2.02. The Morgan fingerprint density at radius 1 is 0.824 bits per heavy atom. The van der Waals surface area contributed by atoms with Gasteiger partial charge >= 0.3 is 0 Å². The first kappa shape index (κ1) is 21.1. The molecule has 6 heteroatoms. The number of nitrogens with zero attached hydrogens (tertiary/aromatic N) is 3. The average molecular weight is 480 g/mol. The number of rotatable bonds is 2. The van der Waals surface area contributed by atoms with Crippen molar-refractivity contribution >= 4 is 62.4 Å². The van der Waals surface area contributed by atoms with E-state index in [9.17, 15) is 4.79 Å². The van der Waals surface area contributed by atoms with E-state index in [0.717, 1.165) is 43.3 Å². The van der Waals surface area contributed by atoms with Crippen LogP contribution in [0.3, 0.4) is 0 Å². The zero-order chi connectivity index (χ0) is 23.2. The van der Waals surface area contributed by atoms with Crippen LogP contribution in [0.25, 0.3) is 10.8 Å². The van der Waals surface area contributed by atoms with Crippen LogP contribution in [0.15, 0.2) is 111 Å². The van der Waals surface area contributed by atoms with Crippen LogP contribution in [-0.4, -0.2) is 18.1 Å². The van der Waals surface area contributed by atoms with Gasteiger partial charge in [-0.05, 0) is 60.0 Å². The van der Waals surface area contributed by atoms with Crippen molar-refractivity contribution in [3.8, 4) is 0 Å². The van der Waals surface area contributed by atoms with Crippen molar-refractivity contribution in [2.75, 3.05) is 16.8 Å². The summed E-state index contributed by atoms with van der Waals surface area (Å²) < 4.78 is 0. The molecule has 1 saturated heterocycles. The van der Waals surface area contributed by atoms with Gasteiger partial charge in [0.1, 0.15) is 4.91 Å². The Bertz CT molecular complexity index is 1520. The van der Waals surface area contributed by atoms with Gasteiger partial charge in [-0.1, -0.05) is 72.4 Å². The van der Waals surface area contributed by atoms with Crippen molar-refractivity contribution in [3.63, 3.8) is 0 Å². The molecule has 0 spiro atoms. The lowest BCUT2D eigenvalue weighted by molar-refractivity contribution is -0.113. The van der Waals surface area contributed by atoms with Crippen LogP contribution in [0.4, 0.5) is 17.1 Å². The number of amidine groups is 1. The highest BCUT2D eigenvalue weighted by atomic mass is 32.2. The largest absolute Gasteiger partial charge is 0.337 e. The van der Waals surface area contributed by atoms with Gasteiger partial charge in [0, 0.05) is 17.3 Å². The Hall–Kier alpha value is -3.48. The Kier molecular flexibility index (Phi) is 5.20. The van der Waals surface area contributed by atoms with Crippen LogP contribution in [-0.2, 0) is 4.79 Å². The highest BCUT2D eigenvalue weighted by Gasteiger charge is 2.40. The van der Waals surface area contributed by atoms with Crippen LogP contribution in [0.1, 0.15) is 5.56 Å². The monoisotopic (exact) mass is 479 g/mol. The average Bonchev–Trinajstić information content (AvgIpc) is 3.35. The predicted octanol–water partition coefficient (Wildman–Crippen LogP) is 7.33. The van der Waals surface area contributed by atoms with E-state index in [2.05, 4.69) is 35.2 Å². The predicted molar refractivity (Wildman–Crippen MR) is 145 cm³/mol. The fraction of sp³-hybridized carbons (Fsp3) is 0.0714. The quantitative estimate of drug-likeness (QED) is 0.282. The second kappa shape index (κ2) is 8.38. The maximum Gasteiger partial charge on any atom is 0.274 e. The van der Waals surface area contributed by atoms with Gasteiger partial charge in [-0.2, -0.15) is 0 Å². The van der Waals surface area contributed by atoms with Gasteiger partial charge in [0.25, 0.3) is 5.91 Å². The molecule has 2 heterocycles. The molecule has 0 aromatic heterocycles. The highest BCUT2D eigenvalue weighted by molar-refractivity contribution is 8.20. The number of aliphatic imine (C=N–C) groups is 1. The van der Waals surface area contributed by atoms with Crippen molar-refractivity contribution in [3.05, 3.63) is 106 Å². The van der Waals surface area contributed by atoms with Crippen molar-refractivity contribution in [2.24, 2.45) is 4.99 Å². The number of hydrogen-bond donors (Lipinski definition) is 0. The standard InChI is InChI=1S/C28H21N3OS2/c1-18-9-7-12-20(17-18)31-26(32)25(27-30(2)23-15-5-6-16-24(23)33-27)34-28(31)29-22-14-8-11-19-10-3-4-13-21(19)22/h3-17H,1-2H3. The van der Waals surface area contributed by atoms with E-state index in [-0.39, 0.29) is 5.91 Å². The van der Waals surface area contributed by atoms with Crippen LogP contribution >= 0.6 is 23.5 Å². The molecule has 4 aromatic carbocycles. The summed E-state index contributed by atoms with van der Waals surface area (Å²) in [5.74, 6) is -0.0447. The van der Waals surface area contributed by atoms with Crippen LogP contribution in [0.5, 0.6) is 0 Å². The lowest BCUT2D eigenvalue weighted by Crippen LogP contribution is -2.29. The lowest BCUT2D eigenvalue weighted by atomic mass is 10.1. The number of fused-ring (bicyclic) bond motifs is 2. The zero-order valence-corrected chi connectivity index (χ0v) is 20.4. The van der Waals surface area contributed by atoms with Crippen molar-refractivity contribution < 1.29 is 4.79 Å². The van der Waals surface area contributed by atoms with Crippen LogP contribution < -0.4 is 9.80 Å². The lowest BCUT2D eigenvalue weighted by Gasteiger charge is -2.17. The van der Waals surface area contributed by atoms with E-state index < -0.39 is 0 Å². The van der Waals surface area contributed by atoms with Gasteiger partial charge in [0.2, 0.25) is 0 Å². The molecule has 166 valence electrons. The number of carbonyl (C=O) groups excluding carboxylic acids is 1. The zero-order valence-electron chi connectivity index (χ0n) is 18.7. The number of carbonyl (C=O) groups is 1. The SMILES string of the molecule is Cc1cccc(N2C(=O)C(=C3Sc4ccccc4N3C)SC2=Nc2cccc3ccccc23)c1. The molecule has 4 nitrogen and oxygen atoms in total. The smallest absolute Gasteiger partial charge is 0.274 e. The van der Waals surface area contributed by atoms with E-state index in [1.54, 1.807) is 16.7 Å². The van der Waals surface area contributed by atoms with Crippen molar-refractivity contribution in [1.29, 1.82) is 0 Å². The maximum absolute atomic E-state index is 13.9. The first-order valence-corrected chi connectivity index (χ1v) is 12.6. The molecule has 6 rings (SSSR count). The summed E-state index contributed by atoms with van der Waals surface area (Å²) in [6.07, 6.45) is 0. The molecule has 0 unspecified atom stereocenters. The Morgan fingerprint density at radius 2 is 1.59 bits per heavy atom. The number of amides is 1. The first-order chi connectivity index (χ1) is 16.6. The fourth-order valence-corrected chi connectivity index (χ4v) is 6.62. The summed E-state index contributed by atoms with van der Waals surface area (Å²) >= 11 is 3.08. The summed E-state index contributed by atoms with van der Waals surface area (Å²) in [6.45, 7) is 2.04. The Morgan fingerprint density at radius 3 is 2.44 bits per heavy atom. The maximum atomic E-state index is 13.9. The molecule has 4 aromatic rings. The molecule has 0 bridgehead atoms. The third-order valence-corrected chi connectivity index (χ3v) is 8.35. The summed E-state index contributed by atoms with van der Waals surface area (Å²) in [5, 5.41) is 3.80. The second-order valence-electron chi connectivity index (χ2n) is 8.24. The summed E-state index contributed by atoms with van der Waals surface area (Å²) in [6, 6.07) is 30.6. The first-order valence-electron chi connectivity index (χ1n) is 11.0. The topological polar surface area (TPSA) is 35.9 Å². The molecule has 0 N–H and O–H groups in total. The molecule has 0 aliphatic carbocycles. The Labute approximate surface area is 207 Å². The van der Waals surface area contributed by atoms with Gasteiger partial charge in [0.15, 0.2) is 5.17 Å². The number of benzene rings is 4. The van der Waals surface area contributed by atoms with Gasteiger partial charge < -0.3 is 4.90 Å². The van der Waals surface area contributed by atoms with E-state index in [1.807, 2.05) is 74.6 Å². The minimum Gasteiger partial charge on any atom is -0.337 e. The number of thioether (sulfide) groups is 2.